The summed E-state index contributed by atoms with van der Waals surface area (Å²) in [6.45, 7) is 0. The zero-order valence-corrected chi connectivity index (χ0v) is 17.8. The predicted molar refractivity (Wildman–Crippen MR) is 116 cm³/mol. The molecule has 0 saturated heterocycles. The van der Waals surface area contributed by atoms with Crippen LogP contribution < -0.4 is 10.6 Å². The van der Waals surface area contributed by atoms with Crippen LogP contribution >= 0.6 is 0 Å². The van der Waals surface area contributed by atoms with Crippen molar-refractivity contribution in [1.82, 2.24) is 24.4 Å². The van der Waals surface area contributed by atoms with E-state index in [-0.39, 0.29) is 28.9 Å². The molecular weight excluding hydrogens is 451 g/mol. The van der Waals surface area contributed by atoms with Crippen molar-refractivity contribution in [2.45, 2.75) is 24.9 Å². The largest absolute Gasteiger partial charge is 0.433 e. The van der Waals surface area contributed by atoms with Gasteiger partial charge in [-0.2, -0.15) is 23.4 Å². The van der Waals surface area contributed by atoms with Crippen molar-refractivity contribution in [3.05, 3.63) is 71.4 Å². The Balaban J connectivity index is 1.33. The van der Waals surface area contributed by atoms with Crippen LogP contribution in [0, 0.1) is 0 Å². The van der Waals surface area contributed by atoms with E-state index < -0.39 is 17.8 Å². The van der Waals surface area contributed by atoms with Crippen molar-refractivity contribution < 1.29 is 22.8 Å². The number of rotatable bonds is 5. The lowest BCUT2D eigenvalue weighted by Crippen LogP contribution is -2.16. The van der Waals surface area contributed by atoms with E-state index in [1.165, 1.54) is 10.7 Å². The molecule has 1 aliphatic rings. The van der Waals surface area contributed by atoms with Crippen molar-refractivity contribution in [2.24, 2.45) is 7.05 Å². The van der Waals surface area contributed by atoms with Gasteiger partial charge in [0.25, 0.3) is 11.8 Å². The lowest BCUT2D eigenvalue weighted by Gasteiger charge is -2.10. The van der Waals surface area contributed by atoms with E-state index in [4.69, 9.17) is 0 Å². The van der Waals surface area contributed by atoms with Crippen LogP contribution in [-0.2, 0) is 13.2 Å². The molecule has 0 spiro atoms. The average molecular weight is 469 g/mol. The highest BCUT2D eigenvalue weighted by atomic mass is 19.4. The van der Waals surface area contributed by atoms with Gasteiger partial charge in [0.2, 0.25) is 0 Å². The smallest absolute Gasteiger partial charge is 0.321 e. The number of hydrogen-bond donors (Lipinski definition) is 2. The highest BCUT2D eigenvalue weighted by molar-refractivity contribution is 6.04. The summed E-state index contributed by atoms with van der Waals surface area (Å²) in [6.07, 6.45) is -1.41. The lowest BCUT2D eigenvalue weighted by molar-refractivity contribution is -0.142. The Labute approximate surface area is 190 Å². The van der Waals surface area contributed by atoms with Gasteiger partial charge in [0.15, 0.2) is 17.0 Å². The van der Waals surface area contributed by atoms with Crippen LogP contribution in [0.4, 0.5) is 24.5 Å². The maximum atomic E-state index is 13.6. The molecule has 0 unspecified atom stereocenters. The Morgan fingerprint density at radius 2 is 1.56 bits per heavy atom. The number of hydrogen-bond acceptors (Lipinski definition) is 5. The molecule has 174 valence electrons. The lowest BCUT2D eigenvalue weighted by atomic mass is 10.2. The number of anilines is 2. The van der Waals surface area contributed by atoms with Crippen LogP contribution in [0.1, 0.15) is 51.1 Å². The molecular formula is C22H18F3N7O2. The van der Waals surface area contributed by atoms with Crippen LogP contribution in [0.2, 0.25) is 0 Å². The highest BCUT2D eigenvalue weighted by Crippen LogP contribution is 2.41. The molecule has 1 saturated carbocycles. The first kappa shape index (κ1) is 21.6. The van der Waals surface area contributed by atoms with E-state index in [0.29, 0.717) is 21.6 Å². The van der Waals surface area contributed by atoms with Crippen LogP contribution in [0.5, 0.6) is 0 Å². The zero-order chi connectivity index (χ0) is 24.0. The maximum absolute atomic E-state index is 13.6. The van der Waals surface area contributed by atoms with Crippen molar-refractivity contribution in [3.8, 4) is 0 Å². The molecule has 0 radical (unpaired) electrons. The second-order valence-electron chi connectivity index (χ2n) is 8.00. The quantitative estimate of drug-likeness (QED) is 0.462. The highest BCUT2D eigenvalue weighted by Gasteiger charge is 2.37. The van der Waals surface area contributed by atoms with Crippen LogP contribution in [0.3, 0.4) is 0 Å². The fourth-order valence-electron chi connectivity index (χ4n) is 3.46. The van der Waals surface area contributed by atoms with E-state index in [2.05, 4.69) is 25.8 Å². The summed E-state index contributed by atoms with van der Waals surface area (Å²) >= 11 is 0. The monoisotopic (exact) mass is 469 g/mol. The fourth-order valence-corrected chi connectivity index (χ4v) is 3.46. The minimum Gasteiger partial charge on any atom is -0.321 e. The fraction of sp³-hybridized carbons (Fsp3) is 0.227. The second kappa shape index (κ2) is 7.97. The number of halogens is 3. The second-order valence-corrected chi connectivity index (χ2v) is 8.00. The topological polar surface area (TPSA) is 106 Å². The minimum absolute atomic E-state index is 0.00922. The summed E-state index contributed by atoms with van der Waals surface area (Å²) in [4.78, 5) is 29.1. The van der Waals surface area contributed by atoms with Crippen LogP contribution in [0.15, 0.2) is 48.7 Å². The van der Waals surface area contributed by atoms with E-state index in [9.17, 15) is 22.8 Å². The zero-order valence-electron chi connectivity index (χ0n) is 17.8. The number of carbonyl (C=O) groups excluding carboxylic acids is 2. The molecule has 4 aromatic rings. The molecule has 5 rings (SSSR count). The number of alkyl halides is 3. The first-order valence-corrected chi connectivity index (χ1v) is 10.4. The Bertz CT molecular complexity index is 1400. The normalized spacial score (nSPS) is 13.8. The molecule has 2 N–H and O–H groups in total. The average Bonchev–Trinajstić information content (AvgIpc) is 3.39. The molecule has 1 aromatic carbocycles. The van der Waals surface area contributed by atoms with Gasteiger partial charge < -0.3 is 10.6 Å². The SMILES string of the molecule is Cn1ccc(C(=O)Nc2ccc(NC(=O)c3cc4nc(C5CC5)cc(C(F)(F)F)n4n3)cc2)n1. The third kappa shape index (κ3) is 4.34. The molecule has 9 nitrogen and oxygen atoms in total. The Hall–Kier alpha value is -4.22. The summed E-state index contributed by atoms with van der Waals surface area (Å²) in [5.41, 5.74) is 0.270. The molecule has 1 fully saturated rings. The first-order valence-electron chi connectivity index (χ1n) is 10.4. The summed E-state index contributed by atoms with van der Waals surface area (Å²) in [5, 5.41) is 13.1. The van der Waals surface area contributed by atoms with Gasteiger partial charge in [-0.15, -0.1) is 0 Å². The maximum Gasteiger partial charge on any atom is 0.433 e. The van der Waals surface area contributed by atoms with Crippen molar-refractivity contribution in [3.63, 3.8) is 0 Å². The van der Waals surface area contributed by atoms with E-state index in [0.717, 1.165) is 18.9 Å². The Morgan fingerprint density at radius 3 is 2.09 bits per heavy atom. The van der Waals surface area contributed by atoms with E-state index in [1.54, 1.807) is 43.6 Å². The van der Waals surface area contributed by atoms with Crippen molar-refractivity contribution in [2.75, 3.05) is 10.6 Å². The molecule has 3 heterocycles. The van der Waals surface area contributed by atoms with Crippen LogP contribution in [-0.4, -0.2) is 36.2 Å². The van der Waals surface area contributed by atoms with Gasteiger partial charge in [-0.3, -0.25) is 14.3 Å². The number of aryl methyl sites for hydroxylation is 1. The number of fused-ring (bicyclic) bond motifs is 1. The number of aromatic nitrogens is 5. The Kier molecular flexibility index (Phi) is 5.07. The van der Waals surface area contributed by atoms with Gasteiger partial charge in [-0.1, -0.05) is 0 Å². The summed E-state index contributed by atoms with van der Waals surface area (Å²) < 4.78 is 42.8. The number of benzene rings is 1. The number of nitrogens with zero attached hydrogens (tertiary/aromatic N) is 5. The van der Waals surface area contributed by atoms with Gasteiger partial charge in [0.05, 0.1) is 0 Å². The number of carbonyl (C=O) groups is 2. The van der Waals surface area contributed by atoms with E-state index >= 15 is 0 Å². The third-order valence-electron chi connectivity index (χ3n) is 5.31. The first-order chi connectivity index (χ1) is 16.2. The van der Waals surface area contributed by atoms with E-state index in [1.807, 2.05) is 0 Å². The number of nitrogens with one attached hydrogen (secondary N) is 2. The van der Waals surface area contributed by atoms with Gasteiger partial charge in [0.1, 0.15) is 5.69 Å². The van der Waals surface area contributed by atoms with Crippen molar-refractivity contribution in [1.29, 1.82) is 0 Å². The summed E-state index contributed by atoms with van der Waals surface area (Å²) in [7, 11) is 1.70. The number of amides is 2. The molecule has 34 heavy (non-hydrogen) atoms. The van der Waals surface area contributed by atoms with Gasteiger partial charge in [0, 0.05) is 42.3 Å². The van der Waals surface area contributed by atoms with Gasteiger partial charge >= 0.3 is 6.18 Å². The minimum atomic E-state index is -4.64. The molecule has 3 aromatic heterocycles. The van der Waals surface area contributed by atoms with Crippen molar-refractivity contribution >= 4 is 28.8 Å². The third-order valence-corrected chi connectivity index (χ3v) is 5.31. The van der Waals surface area contributed by atoms with Gasteiger partial charge in [-0.05, 0) is 49.2 Å². The summed E-state index contributed by atoms with van der Waals surface area (Å²) in [6, 6.07) is 10.1. The summed E-state index contributed by atoms with van der Waals surface area (Å²) in [5.74, 6) is -1.06. The molecule has 0 bridgehead atoms. The molecule has 2 amide bonds. The molecule has 1 aliphatic carbocycles. The molecule has 12 heteroatoms. The Morgan fingerprint density at radius 1 is 0.941 bits per heavy atom. The predicted octanol–water partition coefficient (Wildman–Crippen LogP) is 3.86. The molecule has 0 atom stereocenters. The standard InChI is InChI=1S/C22H18F3N7O2/c1-31-9-8-15(29-31)20(33)26-13-4-6-14(7-5-13)27-21(34)17-11-19-28-16(12-2-3-12)10-18(22(23,24)25)32(19)30-17/h4-12H,2-3H2,1H3,(H,26,33)(H,27,34). The van der Waals surface area contributed by atoms with Gasteiger partial charge in [-0.25, -0.2) is 9.50 Å². The van der Waals surface area contributed by atoms with Crippen LogP contribution in [0.25, 0.3) is 5.65 Å². The molecule has 0 aliphatic heterocycles.